The largest absolute Gasteiger partial charge is 0.425 e. The van der Waals surface area contributed by atoms with Crippen molar-refractivity contribution in [2.24, 2.45) is 0 Å². The third-order valence-corrected chi connectivity index (χ3v) is 5.02. The predicted molar refractivity (Wildman–Crippen MR) is 85.1 cm³/mol. The van der Waals surface area contributed by atoms with Gasteiger partial charge in [0.25, 0.3) is 0 Å². The zero-order valence-electron chi connectivity index (χ0n) is 13.8. The molecule has 0 spiro atoms. The second kappa shape index (κ2) is 4.93. The highest BCUT2D eigenvalue weighted by atomic mass is 19.4. The molecule has 0 fully saturated rings. The van der Waals surface area contributed by atoms with Crippen LogP contribution in [-0.4, -0.2) is 17.1 Å². The second-order valence-corrected chi connectivity index (χ2v) is 6.31. The number of carbonyl (C=O) groups excluding carboxylic acids is 1. The van der Waals surface area contributed by atoms with Crippen molar-refractivity contribution in [3.63, 3.8) is 0 Å². The van der Waals surface area contributed by atoms with Crippen LogP contribution < -0.4 is 0 Å². The first-order valence-electron chi connectivity index (χ1n) is 7.57. The van der Waals surface area contributed by atoms with E-state index in [1.165, 1.54) is 26.0 Å². The minimum Gasteiger partial charge on any atom is -0.372 e. The topological polar surface area (TPSA) is 37.3 Å². The molecule has 2 aromatic rings. The van der Waals surface area contributed by atoms with Gasteiger partial charge in [0.2, 0.25) is 5.60 Å². The standard InChI is InChI=1S/C19H17F3O2/c1-9-10(2)16-13-7-5-6-8-14(13)18(24,19(20,21)22)17(16)11(3)15(9)12(4)23/h5-8,24H,1-4H3. The number of halogens is 3. The zero-order valence-corrected chi connectivity index (χ0v) is 13.8. The maximum Gasteiger partial charge on any atom is 0.425 e. The lowest BCUT2D eigenvalue weighted by Crippen LogP contribution is -2.42. The van der Waals surface area contributed by atoms with Gasteiger partial charge < -0.3 is 5.11 Å². The number of alkyl halides is 3. The van der Waals surface area contributed by atoms with Crippen molar-refractivity contribution in [2.45, 2.75) is 39.5 Å². The average molecular weight is 334 g/mol. The Morgan fingerprint density at radius 3 is 2.17 bits per heavy atom. The number of aliphatic hydroxyl groups is 1. The summed E-state index contributed by atoms with van der Waals surface area (Å²) in [4.78, 5) is 12.0. The molecular weight excluding hydrogens is 317 g/mol. The molecule has 3 rings (SSSR count). The maximum atomic E-state index is 13.9. The van der Waals surface area contributed by atoms with Gasteiger partial charge >= 0.3 is 6.18 Å². The molecular formula is C19H17F3O2. The van der Waals surface area contributed by atoms with Crippen LogP contribution in [0.15, 0.2) is 24.3 Å². The van der Waals surface area contributed by atoms with Gasteiger partial charge in [0.05, 0.1) is 0 Å². The van der Waals surface area contributed by atoms with E-state index < -0.39 is 11.8 Å². The summed E-state index contributed by atoms with van der Waals surface area (Å²) < 4.78 is 41.7. The number of rotatable bonds is 1. The number of Topliss-reactive ketones (excluding diaryl/α,β-unsaturated/α-hetero) is 1. The number of benzene rings is 2. The molecule has 0 saturated carbocycles. The van der Waals surface area contributed by atoms with E-state index in [2.05, 4.69) is 0 Å². The molecule has 126 valence electrons. The molecule has 5 heteroatoms. The van der Waals surface area contributed by atoms with E-state index in [1.807, 2.05) is 0 Å². The predicted octanol–water partition coefficient (Wildman–Crippen LogP) is 4.59. The van der Waals surface area contributed by atoms with Crippen LogP contribution in [-0.2, 0) is 5.60 Å². The van der Waals surface area contributed by atoms with Gasteiger partial charge in [0.1, 0.15) is 0 Å². The van der Waals surface area contributed by atoms with Crippen LogP contribution in [0, 0.1) is 20.8 Å². The summed E-state index contributed by atoms with van der Waals surface area (Å²) in [6.45, 7) is 6.23. The molecule has 0 heterocycles. The lowest BCUT2D eigenvalue weighted by atomic mass is 9.82. The Bertz CT molecular complexity index is 881. The van der Waals surface area contributed by atoms with E-state index in [1.54, 1.807) is 26.0 Å². The van der Waals surface area contributed by atoms with Gasteiger partial charge in [-0.05, 0) is 55.5 Å². The highest BCUT2D eigenvalue weighted by Crippen LogP contribution is 2.57. The van der Waals surface area contributed by atoms with Gasteiger partial charge in [-0.15, -0.1) is 0 Å². The van der Waals surface area contributed by atoms with Gasteiger partial charge in [-0.2, -0.15) is 13.2 Å². The van der Waals surface area contributed by atoms with Crippen molar-refractivity contribution in [2.75, 3.05) is 0 Å². The lowest BCUT2D eigenvalue weighted by molar-refractivity contribution is -0.246. The molecule has 1 aliphatic carbocycles. The SMILES string of the molecule is CC(=O)c1c(C)c(C)c2c(c1C)C(O)(C(F)(F)F)c1ccccc1-2. The number of hydrogen-bond donors (Lipinski definition) is 1. The summed E-state index contributed by atoms with van der Waals surface area (Å²) >= 11 is 0. The molecule has 0 radical (unpaired) electrons. The van der Waals surface area contributed by atoms with Crippen LogP contribution >= 0.6 is 0 Å². The van der Waals surface area contributed by atoms with Gasteiger partial charge in [0, 0.05) is 16.7 Å². The second-order valence-electron chi connectivity index (χ2n) is 6.31. The molecule has 1 N–H and O–H groups in total. The van der Waals surface area contributed by atoms with Gasteiger partial charge in [-0.3, -0.25) is 4.79 Å². The summed E-state index contributed by atoms with van der Waals surface area (Å²) in [6, 6.07) is 6.00. The normalized spacial score (nSPS) is 19.2. The lowest BCUT2D eigenvalue weighted by Gasteiger charge is -2.30. The van der Waals surface area contributed by atoms with Gasteiger partial charge in [-0.1, -0.05) is 24.3 Å². The van der Waals surface area contributed by atoms with Crippen LogP contribution in [0.5, 0.6) is 0 Å². The van der Waals surface area contributed by atoms with Crippen LogP contribution in [0.1, 0.15) is 45.1 Å². The van der Waals surface area contributed by atoms with E-state index in [0.29, 0.717) is 22.3 Å². The van der Waals surface area contributed by atoms with Crippen LogP contribution in [0.2, 0.25) is 0 Å². The Balaban J connectivity index is 2.58. The monoisotopic (exact) mass is 334 g/mol. The van der Waals surface area contributed by atoms with Crippen LogP contribution in [0.4, 0.5) is 13.2 Å². The third-order valence-electron chi connectivity index (χ3n) is 5.02. The first kappa shape index (κ1) is 16.7. The minimum absolute atomic E-state index is 0.182. The van der Waals surface area contributed by atoms with Crippen LogP contribution in [0.25, 0.3) is 11.1 Å². The average Bonchev–Trinajstić information content (AvgIpc) is 2.76. The van der Waals surface area contributed by atoms with E-state index in [9.17, 15) is 23.1 Å². The minimum atomic E-state index is -4.89. The fraction of sp³-hybridized carbons (Fsp3) is 0.316. The Kier molecular flexibility index (Phi) is 3.43. The molecule has 0 aliphatic heterocycles. The Morgan fingerprint density at radius 2 is 1.62 bits per heavy atom. The smallest absolute Gasteiger partial charge is 0.372 e. The van der Waals surface area contributed by atoms with Gasteiger partial charge in [0.15, 0.2) is 5.78 Å². The van der Waals surface area contributed by atoms with Crippen molar-refractivity contribution >= 4 is 5.78 Å². The molecule has 1 atom stereocenters. The summed E-state index contributed by atoms with van der Waals surface area (Å²) in [5.41, 5.74) is -1.07. The number of hydrogen-bond acceptors (Lipinski definition) is 2. The summed E-state index contributed by atoms with van der Waals surface area (Å²) in [6.07, 6.45) is -4.89. The fourth-order valence-corrected chi connectivity index (χ4v) is 3.92. The third kappa shape index (κ3) is 1.85. The molecule has 2 nitrogen and oxygen atoms in total. The molecule has 24 heavy (non-hydrogen) atoms. The summed E-state index contributed by atoms with van der Waals surface area (Å²) in [7, 11) is 0. The molecule has 2 aromatic carbocycles. The quantitative estimate of drug-likeness (QED) is 0.774. The van der Waals surface area contributed by atoms with Crippen molar-refractivity contribution in [1.29, 1.82) is 0 Å². The van der Waals surface area contributed by atoms with E-state index in [4.69, 9.17) is 0 Å². The molecule has 0 amide bonds. The van der Waals surface area contributed by atoms with E-state index >= 15 is 0 Å². The number of carbonyl (C=O) groups is 1. The Hall–Kier alpha value is -2.14. The first-order valence-corrected chi connectivity index (χ1v) is 7.57. The van der Waals surface area contributed by atoms with E-state index in [-0.39, 0.29) is 28.0 Å². The summed E-state index contributed by atoms with van der Waals surface area (Å²) in [5.74, 6) is -0.309. The van der Waals surface area contributed by atoms with Crippen molar-refractivity contribution < 1.29 is 23.1 Å². The molecule has 0 bridgehead atoms. The highest BCUT2D eigenvalue weighted by Gasteiger charge is 2.62. The Morgan fingerprint density at radius 1 is 1.04 bits per heavy atom. The summed E-state index contributed by atoms with van der Waals surface area (Å²) in [5, 5.41) is 10.8. The maximum absolute atomic E-state index is 13.9. The number of ketones is 1. The Labute approximate surface area is 137 Å². The van der Waals surface area contributed by atoms with Gasteiger partial charge in [-0.25, -0.2) is 0 Å². The molecule has 1 aliphatic rings. The van der Waals surface area contributed by atoms with Crippen molar-refractivity contribution in [3.05, 3.63) is 57.6 Å². The number of fused-ring (bicyclic) bond motifs is 3. The van der Waals surface area contributed by atoms with Crippen molar-refractivity contribution in [1.82, 2.24) is 0 Å². The molecule has 1 unspecified atom stereocenters. The van der Waals surface area contributed by atoms with E-state index in [0.717, 1.165) is 0 Å². The molecule has 0 aromatic heterocycles. The highest BCUT2D eigenvalue weighted by molar-refractivity contribution is 6.00. The first-order chi connectivity index (χ1) is 11.0. The fourth-order valence-electron chi connectivity index (χ4n) is 3.92. The molecule has 0 saturated heterocycles. The van der Waals surface area contributed by atoms with Crippen molar-refractivity contribution in [3.8, 4) is 11.1 Å². The zero-order chi connectivity index (χ0) is 18.0. The van der Waals surface area contributed by atoms with Crippen LogP contribution in [0.3, 0.4) is 0 Å².